The summed E-state index contributed by atoms with van der Waals surface area (Å²) in [5, 5.41) is 47.8. The number of hydrogen-bond acceptors (Lipinski definition) is 13. The second-order valence-electron chi connectivity index (χ2n) is 10.5. The first-order chi connectivity index (χ1) is 18.0. The van der Waals surface area contributed by atoms with Gasteiger partial charge in [-0.3, -0.25) is 4.79 Å². The highest BCUT2D eigenvalue weighted by Gasteiger charge is 2.49. The van der Waals surface area contributed by atoms with Crippen LogP contribution in [0.4, 0.5) is 0 Å². The van der Waals surface area contributed by atoms with Crippen molar-refractivity contribution in [3.63, 3.8) is 0 Å². The van der Waals surface area contributed by atoms with Gasteiger partial charge in [-0.15, -0.1) is 0 Å². The van der Waals surface area contributed by atoms with Gasteiger partial charge in [-0.05, 0) is 45.4 Å². The monoisotopic (exact) mass is 547 g/mol. The lowest BCUT2D eigenvalue weighted by atomic mass is 9.83. The van der Waals surface area contributed by atoms with E-state index in [2.05, 4.69) is 10.6 Å². The summed E-state index contributed by atoms with van der Waals surface area (Å²) in [6.07, 6.45) is -3.66. The quantitative estimate of drug-likeness (QED) is 0.108. The number of aliphatic hydroxyl groups is 4. The van der Waals surface area contributed by atoms with Crippen LogP contribution in [-0.4, -0.2) is 120 Å². The Balaban J connectivity index is 1.69. The Morgan fingerprint density at radius 1 is 1.29 bits per heavy atom. The highest BCUT2D eigenvalue weighted by atomic mass is 16.7. The first kappa shape index (κ1) is 31.1. The minimum absolute atomic E-state index is 0.00677. The number of hydrogen-bond donors (Lipinski definition) is 9. The molecule has 3 rings (SSSR count). The lowest BCUT2D eigenvalue weighted by Crippen LogP contribution is -2.67. The van der Waals surface area contributed by atoms with Gasteiger partial charge < -0.3 is 67.2 Å². The Morgan fingerprint density at radius 3 is 2.74 bits per heavy atom. The first-order valence-corrected chi connectivity index (χ1v) is 13.3. The van der Waals surface area contributed by atoms with E-state index in [0.717, 1.165) is 18.7 Å². The predicted octanol–water partition coefficient (Wildman–Crippen LogP) is -3.53. The number of aliphatic hydroxyl groups excluding tert-OH is 3. The van der Waals surface area contributed by atoms with E-state index in [1.54, 1.807) is 0 Å². The molecule has 14 nitrogen and oxygen atoms in total. The summed E-state index contributed by atoms with van der Waals surface area (Å²) in [4.78, 5) is 12.4. The van der Waals surface area contributed by atoms with Crippen LogP contribution < -0.4 is 27.8 Å². The lowest BCUT2D eigenvalue weighted by Gasteiger charge is -2.47. The number of allylic oxidation sites excluding steroid dienone is 1. The van der Waals surface area contributed by atoms with Crippen LogP contribution in [0.15, 0.2) is 11.8 Å². The standard InChI is InChI=1S/C24H45N5O9/c1-24(34)9-16(30)23(35-12-24)38-21-15(29-22(33)17(31)10-26)8-14(27)20(19(21)32)37-18-5-2-4-13(36-18)11-28-7-3-6-25/h4,14-21,23,28,30-32,34H,2-3,5-12,25-27H2,1H3,(H,29,33)/t14-,15+,16+,17+,18+,19-,20+,21-,23+,24+/m0/s1. The Labute approximate surface area is 222 Å². The molecule has 1 aliphatic carbocycles. The minimum atomic E-state index is -1.45. The SMILES string of the molecule is C[C@]1(O)CO[C@H](O[C@@H]2[C@@H](O)[C@H](O[C@@H]3CCC=C(CNCCCN)O3)[C@@H](N)C[C@H]2NC(=O)[C@H](O)CN)[C@H](O)C1. The van der Waals surface area contributed by atoms with Gasteiger partial charge in [-0.2, -0.15) is 0 Å². The Kier molecular flexibility index (Phi) is 11.7. The third-order valence-electron chi connectivity index (χ3n) is 6.91. The topological polar surface area (TPSA) is 237 Å². The minimum Gasteiger partial charge on any atom is -0.468 e. The number of carbonyl (C=O) groups is 1. The fourth-order valence-electron chi connectivity index (χ4n) is 4.87. The van der Waals surface area contributed by atoms with E-state index in [0.29, 0.717) is 25.9 Å². The van der Waals surface area contributed by atoms with Crippen molar-refractivity contribution in [2.24, 2.45) is 17.2 Å². The summed E-state index contributed by atoms with van der Waals surface area (Å²) in [5.74, 6) is -0.0259. The molecule has 2 aliphatic heterocycles. The molecule has 1 saturated heterocycles. The van der Waals surface area contributed by atoms with Crippen molar-refractivity contribution >= 4 is 5.91 Å². The van der Waals surface area contributed by atoms with Crippen molar-refractivity contribution in [3.8, 4) is 0 Å². The summed E-state index contributed by atoms with van der Waals surface area (Å²) in [6.45, 7) is 3.01. The Morgan fingerprint density at radius 2 is 2.05 bits per heavy atom. The zero-order valence-electron chi connectivity index (χ0n) is 21.9. The van der Waals surface area contributed by atoms with Crippen LogP contribution >= 0.6 is 0 Å². The first-order valence-electron chi connectivity index (χ1n) is 13.3. The van der Waals surface area contributed by atoms with Gasteiger partial charge in [0.05, 0.1) is 24.8 Å². The average molecular weight is 548 g/mol. The van der Waals surface area contributed by atoms with E-state index in [1.807, 2.05) is 6.08 Å². The average Bonchev–Trinajstić information content (AvgIpc) is 2.87. The molecule has 0 bridgehead atoms. The van der Waals surface area contributed by atoms with Crippen LogP contribution in [0, 0.1) is 0 Å². The van der Waals surface area contributed by atoms with Crippen molar-refractivity contribution < 1.29 is 44.2 Å². The number of ether oxygens (including phenoxy) is 4. The van der Waals surface area contributed by atoms with E-state index >= 15 is 0 Å². The molecule has 3 aliphatic rings. The van der Waals surface area contributed by atoms with Gasteiger partial charge in [0.25, 0.3) is 0 Å². The lowest BCUT2D eigenvalue weighted by molar-refractivity contribution is -0.297. The van der Waals surface area contributed by atoms with Crippen LogP contribution in [0.5, 0.6) is 0 Å². The maximum atomic E-state index is 12.4. The van der Waals surface area contributed by atoms with Crippen LogP contribution in [0.2, 0.25) is 0 Å². The second kappa shape index (κ2) is 14.3. The molecule has 0 spiro atoms. The largest absolute Gasteiger partial charge is 0.468 e. The molecule has 2 fully saturated rings. The zero-order chi connectivity index (χ0) is 27.9. The van der Waals surface area contributed by atoms with E-state index in [4.69, 9.17) is 36.1 Å². The smallest absolute Gasteiger partial charge is 0.250 e. The van der Waals surface area contributed by atoms with Crippen LogP contribution in [0.1, 0.15) is 39.0 Å². The van der Waals surface area contributed by atoms with Crippen LogP contribution in [-0.2, 0) is 23.7 Å². The van der Waals surface area contributed by atoms with Gasteiger partial charge in [-0.1, -0.05) is 0 Å². The van der Waals surface area contributed by atoms with Crippen LogP contribution in [0.25, 0.3) is 0 Å². The molecule has 14 heteroatoms. The number of nitrogens with two attached hydrogens (primary N) is 3. The summed E-state index contributed by atoms with van der Waals surface area (Å²) in [5.41, 5.74) is 16.1. The zero-order valence-corrected chi connectivity index (χ0v) is 21.9. The highest BCUT2D eigenvalue weighted by molar-refractivity contribution is 5.81. The Bertz CT molecular complexity index is 788. The molecule has 1 saturated carbocycles. The molecular weight excluding hydrogens is 502 g/mol. The summed E-state index contributed by atoms with van der Waals surface area (Å²) in [6, 6.07) is -1.56. The van der Waals surface area contributed by atoms with Gasteiger partial charge in [-0.25, -0.2) is 0 Å². The molecule has 0 unspecified atom stereocenters. The summed E-state index contributed by atoms with van der Waals surface area (Å²) in [7, 11) is 0. The Hall–Kier alpha value is -1.43. The molecular formula is C24H45N5O9. The van der Waals surface area contributed by atoms with Crippen LogP contribution in [0.3, 0.4) is 0 Å². The molecule has 10 atom stereocenters. The van der Waals surface area contributed by atoms with E-state index < -0.39 is 66.7 Å². The van der Waals surface area contributed by atoms with Crippen molar-refractivity contribution in [1.82, 2.24) is 10.6 Å². The maximum absolute atomic E-state index is 12.4. The van der Waals surface area contributed by atoms with Gasteiger partial charge >= 0.3 is 0 Å². The third-order valence-corrected chi connectivity index (χ3v) is 6.91. The summed E-state index contributed by atoms with van der Waals surface area (Å²) >= 11 is 0. The molecule has 38 heavy (non-hydrogen) atoms. The molecule has 0 aromatic carbocycles. The maximum Gasteiger partial charge on any atom is 0.250 e. The molecule has 0 aromatic heterocycles. The molecule has 0 radical (unpaired) electrons. The van der Waals surface area contributed by atoms with E-state index in [-0.39, 0.29) is 26.0 Å². The van der Waals surface area contributed by atoms with E-state index in [9.17, 15) is 25.2 Å². The number of nitrogens with one attached hydrogen (secondary N) is 2. The van der Waals surface area contributed by atoms with Gasteiger partial charge in [0.2, 0.25) is 5.91 Å². The summed E-state index contributed by atoms with van der Waals surface area (Å²) < 4.78 is 23.6. The number of amides is 1. The molecule has 2 heterocycles. The van der Waals surface area contributed by atoms with Crippen molar-refractivity contribution in [2.45, 2.75) is 99.8 Å². The van der Waals surface area contributed by atoms with Gasteiger partial charge in [0, 0.05) is 25.4 Å². The fraction of sp³-hybridized carbons (Fsp3) is 0.875. The van der Waals surface area contributed by atoms with Crippen molar-refractivity contribution in [1.29, 1.82) is 0 Å². The predicted molar refractivity (Wildman–Crippen MR) is 135 cm³/mol. The van der Waals surface area contributed by atoms with E-state index in [1.165, 1.54) is 6.92 Å². The van der Waals surface area contributed by atoms with Gasteiger partial charge in [0.1, 0.15) is 36.3 Å². The highest BCUT2D eigenvalue weighted by Crippen LogP contribution is 2.31. The van der Waals surface area contributed by atoms with Crippen molar-refractivity contribution in [2.75, 3.05) is 32.8 Å². The molecule has 0 aromatic rings. The normalized spacial score (nSPS) is 38.7. The molecule has 220 valence electrons. The third kappa shape index (κ3) is 8.53. The molecule has 12 N–H and O–H groups in total. The second-order valence-corrected chi connectivity index (χ2v) is 10.5. The number of rotatable bonds is 12. The van der Waals surface area contributed by atoms with Gasteiger partial charge in [0.15, 0.2) is 12.6 Å². The number of carbonyl (C=O) groups excluding carboxylic acids is 1. The fourth-order valence-corrected chi connectivity index (χ4v) is 4.87. The molecule has 1 amide bonds. The van der Waals surface area contributed by atoms with Crippen molar-refractivity contribution in [3.05, 3.63) is 11.8 Å².